The Hall–Kier alpha value is -2.54. The Bertz CT molecular complexity index is 912. The number of nitrogens with one attached hydrogen (secondary N) is 1. The van der Waals surface area contributed by atoms with Crippen LogP contribution in [0.15, 0.2) is 52.1 Å². The number of allylic oxidation sites excluding steroid dienone is 1. The molecule has 0 amide bonds. The van der Waals surface area contributed by atoms with Crippen molar-refractivity contribution in [3.8, 4) is 0 Å². The van der Waals surface area contributed by atoms with Gasteiger partial charge in [0, 0.05) is 17.3 Å². The van der Waals surface area contributed by atoms with Crippen molar-refractivity contribution in [1.29, 1.82) is 0 Å². The molecule has 1 aromatic heterocycles. The number of halogens is 1. The highest BCUT2D eigenvalue weighted by Crippen LogP contribution is 2.39. The summed E-state index contributed by atoms with van der Waals surface area (Å²) in [4.78, 5) is 22.1. The lowest BCUT2D eigenvalue weighted by atomic mass is 9.82. The van der Waals surface area contributed by atoms with Crippen LogP contribution in [-0.4, -0.2) is 22.4 Å². The number of aliphatic imine (C=N–C) groups is 1. The van der Waals surface area contributed by atoms with Gasteiger partial charge >= 0.3 is 5.97 Å². The predicted molar refractivity (Wildman–Crippen MR) is 104 cm³/mol. The first-order chi connectivity index (χ1) is 12.6. The van der Waals surface area contributed by atoms with E-state index in [9.17, 15) is 9.18 Å². The number of ether oxygens (including phenoxy) is 1. The largest absolute Gasteiger partial charge is 0.456 e. The normalized spacial score (nSPS) is 20.1. The Balaban J connectivity index is 2.14. The quantitative estimate of drug-likeness (QED) is 0.803. The van der Waals surface area contributed by atoms with E-state index in [1.165, 1.54) is 23.5 Å². The van der Waals surface area contributed by atoms with Crippen LogP contribution in [-0.2, 0) is 15.1 Å². The van der Waals surface area contributed by atoms with E-state index in [4.69, 9.17) is 9.73 Å². The molecular weight excluding hydrogens is 365 g/mol. The molecule has 2 aromatic rings. The Morgan fingerprint density at radius 3 is 2.48 bits per heavy atom. The minimum absolute atomic E-state index is 0.347. The Kier molecular flexibility index (Phi) is 4.90. The number of esters is 1. The molecule has 0 bridgehead atoms. The molecule has 2 heterocycles. The van der Waals surface area contributed by atoms with Crippen LogP contribution in [0.5, 0.6) is 0 Å². The highest BCUT2D eigenvalue weighted by atomic mass is 32.1. The molecule has 1 aromatic carbocycles. The fraction of sp³-hybridized carbons (Fsp3) is 0.350. The lowest BCUT2D eigenvalue weighted by Gasteiger charge is -2.35. The summed E-state index contributed by atoms with van der Waals surface area (Å²) in [5.41, 5.74) is 0.0417. The van der Waals surface area contributed by atoms with Gasteiger partial charge in [0.25, 0.3) is 0 Å². The molecule has 0 radical (unpaired) electrons. The number of hydrogen-bond acceptors (Lipinski definition) is 6. The van der Waals surface area contributed by atoms with E-state index < -0.39 is 17.1 Å². The number of thiazole rings is 1. The SMILES string of the molecule is CC1=C(C(=O)OC(C)(C)C)C(C)(c2ccc(F)cc2)N=C(c2nccs2)N1. The van der Waals surface area contributed by atoms with Crippen LogP contribution in [0.4, 0.5) is 4.39 Å². The lowest BCUT2D eigenvalue weighted by molar-refractivity contribution is -0.150. The van der Waals surface area contributed by atoms with E-state index in [-0.39, 0.29) is 5.82 Å². The standard InChI is InChI=1S/C20H22FN3O2S/c1-12-15(18(25)26-19(2,3)4)20(5,13-6-8-14(21)9-7-13)24-16(23-12)17-22-10-11-27-17/h6-11H,1-5H3,(H,23,24). The van der Waals surface area contributed by atoms with Gasteiger partial charge in [-0.05, 0) is 52.3 Å². The molecule has 3 rings (SSSR count). The number of amidine groups is 1. The van der Waals surface area contributed by atoms with Crippen LogP contribution < -0.4 is 5.32 Å². The minimum Gasteiger partial charge on any atom is -0.456 e. The number of carbonyl (C=O) groups is 1. The summed E-state index contributed by atoms with van der Waals surface area (Å²) < 4.78 is 19.1. The van der Waals surface area contributed by atoms with E-state index in [0.717, 1.165) is 0 Å². The molecule has 1 aliphatic heterocycles. The molecule has 5 nitrogen and oxygen atoms in total. The van der Waals surface area contributed by atoms with Crippen molar-refractivity contribution in [1.82, 2.24) is 10.3 Å². The molecule has 7 heteroatoms. The maximum absolute atomic E-state index is 13.5. The third kappa shape index (κ3) is 3.93. The van der Waals surface area contributed by atoms with Gasteiger partial charge in [-0.3, -0.25) is 0 Å². The van der Waals surface area contributed by atoms with Crippen molar-refractivity contribution >= 4 is 23.1 Å². The van der Waals surface area contributed by atoms with Crippen LogP contribution >= 0.6 is 11.3 Å². The summed E-state index contributed by atoms with van der Waals surface area (Å²) in [6.07, 6.45) is 1.70. The van der Waals surface area contributed by atoms with Gasteiger partial charge in [-0.15, -0.1) is 11.3 Å². The number of carbonyl (C=O) groups excluding carboxylic acids is 1. The molecule has 1 unspecified atom stereocenters. The van der Waals surface area contributed by atoms with E-state index in [2.05, 4.69) is 10.3 Å². The molecule has 0 spiro atoms. The van der Waals surface area contributed by atoms with Crippen LogP contribution in [0.1, 0.15) is 45.2 Å². The summed E-state index contributed by atoms with van der Waals surface area (Å²) in [5.74, 6) is -0.233. The summed E-state index contributed by atoms with van der Waals surface area (Å²) in [6, 6.07) is 6.01. The Morgan fingerprint density at radius 2 is 1.93 bits per heavy atom. The fourth-order valence-corrected chi connectivity index (χ4v) is 3.60. The van der Waals surface area contributed by atoms with Gasteiger partial charge in [0.05, 0.1) is 5.57 Å². The van der Waals surface area contributed by atoms with Gasteiger partial charge < -0.3 is 10.1 Å². The number of nitrogens with zero attached hydrogens (tertiary/aromatic N) is 2. The van der Waals surface area contributed by atoms with Gasteiger partial charge in [-0.2, -0.15) is 0 Å². The van der Waals surface area contributed by atoms with Crippen LogP contribution in [0, 0.1) is 5.82 Å². The maximum Gasteiger partial charge on any atom is 0.339 e. The first kappa shape index (κ1) is 19.2. The second-order valence-corrected chi connectivity index (χ2v) is 8.40. The molecule has 1 N–H and O–H groups in total. The molecule has 27 heavy (non-hydrogen) atoms. The van der Waals surface area contributed by atoms with Crippen molar-refractivity contribution in [2.45, 2.75) is 45.8 Å². The molecule has 0 saturated carbocycles. The zero-order valence-corrected chi connectivity index (χ0v) is 16.8. The van der Waals surface area contributed by atoms with E-state index in [0.29, 0.717) is 27.7 Å². The summed E-state index contributed by atoms with van der Waals surface area (Å²) >= 11 is 1.45. The van der Waals surface area contributed by atoms with Crippen molar-refractivity contribution in [3.63, 3.8) is 0 Å². The highest BCUT2D eigenvalue weighted by molar-refractivity contribution is 7.11. The van der Waals surface area contributed by atoms with Crippen molar-refractivity contribution in [2.24, 2.45) is 4.99 Å². The van der Waals surface area contributed by atoms with Crippen molar-refractivity contribution in [2.75, 3.05) is 0 Å². The van der Waals surface area contributed by atoms with Gasteiger partial charge in [-0.25, -0.2) is 19.2 Å². The number of benzene rings is 1. The summed E-state index contributed by atoms with van der Waals surface area (Å²) in [6.45, 7) is 9.09. The Labute approximate surface area is 162 Å². The predicted octanol–water partition coefficient (Wildman–Crippen LogP) is 4.16. The molecule has 0 fully saturated rings. The van der Waals surface area contributed by atoms with Gasteiger partial charge in [-0.1, -0.05) is 12.1 Å². The van der Waals surface area contributed by atoms with E-state index in [1.807, 2.05) is 40.0 Å². The zero-order valence-electron chi connectivity index (χ0n) is 16.0. The zero-order chi connectivity index (χ0) is 19.8. The summed E-state index contributed by atoms with van der Waals surface area (Å²) in [5, 5.41) is 5.75. The molecule has 0 aliphatic carbocycles. The molecular formula is C20H22FN3O2S. The van der Waals surface area contributed by atoms with Crippen molar-refractivity contribution in [3.05, 3.63) is 63.5 Å². The highest BCUT2D eigenvalue weighted by Gasteiger charge is 2.42. The molecule has 1 atom stereocenters. The molecule has 0 saturated heterocycles. The van der Waals surface area contributed by atoms with Gasteiger partial charge in [0.15, 0.2) is 10.8 Å². The second-order valence-electron chi connectivity index (χ2n) is 7.50. The fourth-order valence-electron chi connectivity index (χ4n) is 3.02. The average Bonchev–Trinajstić information content (AvgIpc) is 3.07. The Morgan fingerprint density at radius 1 is 1.26 bits per heavy atom. The van der Waals surface area contributed by atoms with Crippen molar-refractivity contribution < 1.29 is 13.9 Å². The first-order valence-electron chi connectivity index (χ1n) is 8.57. The number of rotatable bonds is 3. The third-order valence-electron chi connectivity index (χ3n) is 4.15. The maximum atomic E-state index is 13.5. The van der Waals surface area contributed by atoms with Crippen LogP contribution in [0.25, 0.3) is 0 Å². The van der Waals surface area contributed by atoms with Gasteiger partial charge in [0.2, 0.25) is 0 Å². The minimum atomic E-state index is -1.04. The van der Waals surface area contributed by atoms with Crippen LogP contribution in [0.2, 0.25) is 0 Å². The molecule has 142 valence electrons. The lowest BCUT2D eigenvalue weighted by Crippen LogP contribution is -2.42. The third-order valence-corrected chi connectivity index (χ3v) is 4.93. The summed E-state index contributed by atoms with van der Waals surface area (Å²) in [7, 11) is 0. The van der Waals surface area contributed by atoms with Gasteiger partial charge in [0.1, 0.15) is 17.0 Å². The van der Waals surface area contributed by atoms with E-state index in [1.54, 1.807) is 18.3 Å². The molecule has 1 aliphatic rings. The van der Waals surface area contributed by atoms with E-state index >= 15 is 0 Å². The van der Waals surface area contributed by atoms with Crippen LogP contribution in [0.3, 0.4) is 0 Å². The monoisotopic (exact) mass is 387 g/mol. The number of aromatic nitrogens is 1. The topological polar surface area (TPSA) is 63.6 Å². The first-order valence-corrected chi connectivity index (χ1v) is 9.45. The second kappa shape index (κ2) is 6.88. The number of hydrogen-bond donors (Lipinski definition) is 1. The average molecular weight is 387 g/mol. The smallest absolute Gasteiger partial charge is 0.339 e.